The quantitative estimate of drug-likeness (QED) is 0.891. The summed E-state index contributed by atoms with van der Waals surface area (Å²) in [6.45, 7) is 4.75. The van der Waals surface area contributed by atoms with Gasteiger partial charge in [-0.3, -0.25) is 0 Å². The molecule has 0 saturated carbocycles. The maximum atomic E-state index is 11.9. The fraction of sp³-hybridized carbons (Fsp3) is 0.417. The zero-order valence-electron chi connectivity index (χ0n) is 11.5. The van der Waals surface area contributed by atoms with Crippen LogP contribution < -0.4 is 5.14 Å². The molecule has 0 aromatic heterocycles. The fourth-order valence-corrected chi connectivity index (χ4v) is 2.17. The number of benzene rings is 1. The molecule has 112 valence electrons. The molecule has 8 heteroatoms. The minimum Gasteiger partial charge on any atom is -0.443 e. The van der Waals surface area contributed by atoms with E-state index in [9.17, 15) is 13.2 Å². The van der Waals surface area contributed by atoms with Crippen LogP contribution in [0.25, 0.3) is 0 Å². The van der Waals surface area contributed by atoms with Gasteiger partial charge in [0, 0.05) is 4.47 Å². The van der Waals surface area contributed by atoms with E-state index in [4.69, 9.17) is 9.88 Å². The van der Waals surface area contributed by atoms with Crippen LogP contribution in [0.1, 0.15) is 26.3 Å². The van der Waals surface area contributed by atoms with Crippen molar-refractivity contribution in [1.29, 1.82) is 0 Å². The molecule has 0 fully saturated rings. The minimum atomic E-state index is -4.20. The van der Waals surface area contributed by atoms with E-state index in [0.29, 0.717) is 9.87 Å². The van der Waals surface area contributed by atoms with Crippen molar-refractivity contribution in [3.8, 4) is 0 Å². The first-order valence-corrected chi connectivity index (χ1v) is 8.06. The second-order valence-electron chi connectivity index (χ2n) is 5.16. The molecule has 1 aromatic rings. The molecule has 1 aromatic carbocycles. The van der Waals surface area contributed by atoms with Crippen molar-refractivity contribution in [3.05, 3.63) is 34.3 Å². The normalized spacial score (nSPS) is 12.1. The summed E-state index contributed by atoms with van der Waals surface area (Å²) in [5.74, 6) is 0. The van der Waals surface area contributed by atoms with Crippen LogP contribution in [-0.2, 0) is 21.5 Å². The van der Waals surface area contributed by atoms with Crippen molar-refractivity contribution in [2.45, 2.75) is 32.9 Å². The number of hydrogen-bond acceptors (Lipinski definition) is 4. The standard InChI is InChI=1S/C12H17BrN2O4S/c1-12(2,3)19-11(16)15(20(14,17)18)8-9-4-6-10(13)7-5-9/h4-7H,8H2,1-3H3,(H2,14,17,18). The summed E-state index contributed by atoms with van der Waals surface area (Å²) in [6, 6.07) is 6.86. The van der Waals surface area contributed by atoms with Crippen molar-refractivity contribution in [1.82, 2.24) is 4.31 Å². The molecule has 0 radical (unpaired) electrons. The minimum absolute atomic E-state index is 0.180. The van der Waals surface area contributed by atoms with Gasteiger partial charge in [0.2, 0.25) is 0 Å². The first kappa shape index (κ1) is 16.9. The van der Waals surface area contributed by atoms with E-state index >= 15 is 0 Å². The van der Waals surface area contributed by atoms with Gasteiger partial charge in [0.05, 0.1) is 6.54 Å². The van der Waals surface area contributed by atoms with Crippen LogP contribution in [0.15, 0.2) is 28.7 Å². The number of carbonyl (C=O) groups excluding carboxylic acids is 1. The highest BCUT2D eigenvalue weighted by Gasteiger charge is 2.29. The second kappa shape index (κ2) is 6.11. The Hall–Kier alpha value is -1.12. The lowest BCUT2D eigenvalue weighted by atomic mass is 10.2. The van der Waals surface area contributed by atoms with Gasteiger partial charge in [0.1, 0.15) is 5.60 Å². The molecule has 0 unspecified atom stereocenters. The zero-order valence-corrected chi connectivity index (χ0v) is 13.9. The summed E-state index contributed by atoms with van der Waals surface area (Å²) in [5.41, 5.74) is -0.187. The van der Waals surface area contributed by atoms with E-state index in [2.05, 4.69) is 15.9 Å². The third-order valence-electron chi connectivity index (χ3n) is 2.14. The number of amides is 1. The number of carbonyl (C=O) groups is 1. The summed E-state index contributed by atoms with van der Waals surface area (Å²) in [5, 5.41) is 5.07. The Bertz CT molecular complexity index is 578. The van der Waals surface area contributed by atoms with Crippen molar-refractivity contribution in [3.63, 3.8) is 0 Å². The largest absolute Gasteiger partial charge is 0.443 e. The Labute approximate surface area is 127 Å². The van der Waals surface area contributed by atoms with Gasteiger partial charge < -0.3 is 4.74 Å². The lowest BCUT2D eigenvalue weighted by Crippen LogP contribution is -2.43. The Morgan fingerprint density at radius 1 is 1.30 bits per heavy atom. The number of rotatable bonds is 3. The Morgan fingerprint density at radius 3 is 2.20 bits per heavy atom. The highest BCUT2D eigenvalue weighted by atomic mass is 79.9. The fourth-order valence-electron chi connectivity index (χ4n) is 1.33. The molecule has 6 nitrogen and oxygen atoms in total. The smallest absolute Gasteiger partial charge is 0.425 e. The maximum Gasteiger partial charge on any atom is 0.425 e. The highest BCUT2D eigenvalue weighted by Crippen LogP contribution is 2.16. The van der Waals surface area contributed by atoms with Crippen LogP contribution in [0.4, 0.5) is 4.79 Å². The van der Waals surface area contributed by atoms with E-state index < -0.39 is 21.9 Å². The van der Waals surface area contributed by atoms with Crippen molar-refractivity contribution in [2.24, 2.45) is 5.14 Å². The molecule has 2 N–H and O–H groups in total. The number of hydrogen-bond donors (Lipinski definition) is 1. The van der Waals surface area contributed by atoms with E-state index in [-0.39, 0.29) is 6.54 Å². The van der Waals surface area contributed by atoms with Crippen LogP contribution in [0.3, 0.4) is 0 Å². The maximum absolute atomic E-state index is 11.9. The topological polar surface area (TPSA) is 89.7 Å². The predicted molar refractivity (Wildman–Crippen MR) is 79.0 cm³/mol. The summed E-state index contributed by atoms with van der Waals surface area (Å²) in [7, 11) is -4.20. The number of halogens is 1. The van der Waals surface area contributed by atoms with E-state index in [1.165, 1.54) is 0 Å². The summed E-state index contributed by atoms with van der Waals surface area (Å²) in [4.78, 5) is 11.9. The first-order chi connectivity index (χ1) is 8.99. The van der Waals surface area contributed by atoms with E-state index in [0.717, 1.165) is 4.47 Å². The first-order valence-electron chi connectivity index (χ1n) is 5.77. The van der Waals surface area contributed by atoms with Gasteiger partial charge >= 0.3 is 16.3 Å². The molecular formula is C12H17BrN2O4S. The molecule has 0 atom stereocenters. The van der Waals surface area contributed by atoms with Crippen LogP contribution in [0.2, 0.25) is 0 Å². The Morgan fingerprint density at radius 2 is 1.80 bits per heavy atom. The van der Waals surface area contributed by atoms with Crippen molar-refractivity contribution in [2.75, 3.05) is 0 Å². The lowest BCUT2D eigenvalue weighted by molar-refractivity contribution is 0.0381. The SMILES string of the molecule is CC(C)(C)OC(=O)N(Cc1ccc(Br)cc1)S(N)(=O)=O. The Kier molecular flexibility index (Phi) is 5.17. The van der Waals surface area contributed by atoms with Gasteiger partial charge in [-0.2, -0.15) is 12.7 Å². The highest BCUT2D eigenvalue weighted by molar-refractivity contribution is 9.10. The number of nitrogens with two attached hydrogens (primary N) is 1. The van der Waals surface area contributed by atoms with E-state index in [1.807, 2.05) is 0 Å². The molecule has 20 heavy (non-hydrogen) atoms. The van der Waals surface area contributed by atoms with Gasteiger partial charge in [0.15, 0.2) is 0 Å². The summed E-state index contributed by atoms with van der Waals surface area (Å²) in [6.07, 6.45) is -0.997. The third-order valence-corrected chi connectivity index (χ3v) is 3.56. The second-order valence-corrected chi connectivity index (χ2v) is 7.54. The summed E-state index contributed by atoms with van der Waals surface area (Å²) >= 11 is 3.27. The molecule has 1 amide bonds. The van der Waals surface area contributed by atoms with Crippen LogP contribution in [-0.4, -0.2) is 24.4 Å². The van der Waals surface area contributed by atoms with Crippen LogP contribution in [0, 0.1) is 0 Å². The van der Waals surface area contributed by atoms with Crippen molar-refractivity contribution >= 4 is 32.2 Å². The average Bonchev–Trinajstić information content (AvgIpc) is 2.24. The number of ether oxygens (including phenoxy) is 1. The number of nitrogens with zero attached hydrogens (tertiary/aromatic N) is 1. The molecule has 1 rings (SSSR count). The molecule has 0 aliphatic rings. The lowest BCUT2D eigenvalue weighted by Gasteiger charge is -2.25. The zero-order chi connectivity index (χ0) is 15.6. The van der Waals surface area contributed by atoms with Crippen molar-refractivity contribution < 1.29 is 17.9 Å². The van der Waals surface area contributed by atoms with E-state index in [1.54, 1.807) is 45.0 Å². The molecule has 0 spiro atoms. The molecule has 0 aliphatic carbocycles. The third kappa shape index (κ3) is 5.48. The summed E-state index contributed by atoms with van der Waals surface area (Å²) < 4.78 is 29.4. The van der Waals surface area contributed by atoms with Crippen LogP contribution >= 0.6 is 15.9 Å². The predicted octanol–water partition coefficient (Wildman–Crippen LogP) is 2.39. The monoisotopic (exact) mass is 364 g/mol. The molecule has 0 heterocycles. The Balaban J connectivity index is 2.97. The van der Waals surface area contributed by atoms with Gasteiger partial charge in [-0.1, -0.05) is 28.1 Å². The molecule has 0 saturated heterocycles. The van der Waals surface area contributed by atoms with Gasteiger partial charge in [0.25, 0.3) is 0 Å². The molecule has 0 aliphatic heterocycles. The van der Waals surface area contributed by atoms with Gasteiger partial charge in [-0.15, -0.1) is 0 Å². The van der Waals surface area contributed by atoms with Crippen LogP contribution in [0.5, 0.6) is 0 Å². The molecule has 0 bridgehead atoms. The molecular weight excluding hydrogens is 348 g/mol. The average molecular weight is 365 g/mol. The van der Waals surface area contributed by atoms with Gasteiger partial charge in [-0.25, -0.2) is 9.93 Å². The van der Waals surface area contributed by atoms with Gasteiger partial charge in [-0.05, 0) is 38.5 Å².